The monoisotopic (exact) mass is 184 g/mol. The lowest BCUT2D eigenvalue weighted by molar-refractivity contribution is 0.107. The van der Waals surface area contributed by atoms with Crippen molar-refractivity contribution in [3.63, 3.8) is 0 Å². The molecule has 13 heavy (non-hydrogen) atoms. The number of hydrogen-bond donors (Lipinski definition) is 2. The van der Waals surface area contributed by atoms with E-state index in [1.165, 1.54) is 0 Å². The standard InChI is InChI=1S/C9H16N2O2/c1-6(12)5-11-7-4-8(10)13-9(7,2)3/h4,6,12H,5,10H2,1-3H3. The minimum atomic E-state index is -0.459. The molecule has 4 heteroatoms. The van der Waals surface area contributed by atoms with E-state index >= 15 is 0 Å². The number of aliphatic hydroxyl groups is 1. The lowest BCUT2D eigenvalue weighted by Crippen LogP contribution is -2.29. The first-order chi connectivity index (χ1) is 5.92. The molecule has 0 saturated heterocycles. The second-order valence-electron chi connectivity index (χ2n) is 3.73. The molecule has 0 saturated carbocycles. The smallest absolute Gasteiger partial charge is 0.187 e. The molecule has 1 aliphatic heterocycles. The molecule has 0 amide bonds. The Hall–Kier alpha value is -1.03. The van der Waals surface area contributed by atoms with Gasteiger partial charge in [-0.15, -0.1) is 0 Å². The van der Waals surface area contributed by atoms with E-state index in [2.05, 4.69) is 4.99 Å². The summed E-state index contributed by atoms with van der Waals surface area (Å²) < 4.78 is 5.32. The van der Waals surface area contributed by atoms with Gasteiger partial charge < -0.3 is 15.6 Å². The van der Waals surface area contributed by atoms with Crippen molar-refractivity contribution in [2.45, 2.75) is 32.5 Å². The first kappa shape index (κ1) is 10.1. The van der Waals surface area contributed by atoms with Crippen molar-refractivity contribution in [2.75, 3.05) is 6.54 Å². The van der Waals surface area contributed by atoms with Crippen molar-refractivity contribution in [1.29, 1.82) is 0 Å². The van der Waals surface area contributed by atoms with Crippen LogP contribution in [0.3, 0.4) is 0 Å². The normalized spacial score (nSPS) is 25.5. The largest absolute Gasteiger partial charge is 0.467 e. The van der Waals surface area contributed by atoms with E-state index in [4.69, 9.17) is 15.6 Å². The summed E-state index contributed by atoms with van der Waals surface area (Å²) in [5.74, 6) is 0.384. The molecule has 1 unspecified atom stereocenters. The van der Waals surface area contributed by atoms with Gasteiger partial charge in [-0.2, -0.15) is 0 Å². The van der Waals surface area contributed by atoms with Crippen molar-refractivity contribution in [3.8, 4) is 0 Å². The van der Waals surface area contributed by atoms with Crippen LogP contribution in [0.5, 0.6) is 0 Å². The number of nitrogens with zero attached hydrogens (tertiary/aromatic N) is 1. The van der Waals surface area contributed by atoms with Gasteiger partial charge in [0, 0.05) is 6.08 Å². The number of hydrogen-bond acceptors (Lipinski definition) is 4. The number of nitrogens with two attached hydrogens (primary N) is 1. The fourth-order valence-electron chi connectivity index (χ4n) is 1.15. The third kappa shape index (κ3) is 2.45. The number of ether oxygens (including phenoxy) is 1. The van der Waals surface area contributed by atoms with Crippen LogP contribution in [0.2, 0.25) is 0 Å². The number of aliphatic hydroxyl groups excluding tert-OH is 1. The molecule has 0 spiro atoms. The maximum Gasteiger partial charge on any atom is 0.187 e. The summed E-state index contributed by atoms with van der Waals surface area (Å²) in [6.07, 6.45) is 1.26. The predicted molar refractivity (Wildman–Crippen MR) is 51.4 cm³/mol. The molecule has 0 aliphatic carbocycles. The number of aliphatic imine (C=N–C) groups is 1. The zero-order valence-electron chi connectivity index (χ0n) is 8.24. The topological polar surface area (TPSA) is 67.8 Å². The maximum absolute atomic E-state index is 9.05. The quantitative estimate of drug-likeness (QED) is 0.653. The lowest BCUT2D eigenvalue weighted by atomic mass is 10.0. The Morgan fingerprint density at radius 1 is 1.69 bits per heavy atom. The minimum Gasteiger partial charge on any atom is -0.467 e. The van der Waals surface area contributed by atoms with Crippen molar-refractivity contribution in [2.24, 2.45) is 10.7 Å². The molecule has 0 fully saturated rings. The zero-order chi connectivity index (χ0) is 10.1. The highest BCUT2D eigenvalue weighted by Crippen LogP contribution is 2.22. The van der Waals surface area contributed by atoms with Gasteiger partial charge in [0.25, 0.3) is 0 Å². The second-order valence-corrected chi connectivity index (χ2v) is 3.73. The first-order valence-electron chi connectivity index (χ1n) is 4.31. The molecular formula is C9H16N2O2. The van der Waals surface area contributed by atoms with E-state index in [1.54, 1.807) is 13.0 Å². The van der Waals surface area contributed by atoms with Gasteiger partial charge in [0.05, 0.1) is 18.4 Å². The SMILES string of the molecule is CC(O)CN=C1C=C(N)OC1(C)C. The van der Waals surface area contributed by atoms with Crippen LogP contribution >= 0.6 is 0 Å². The summed E-state index contributed by atoms with van der Waals surface area (Å²) in [7, 11) is 0. The van der Waals surface area contributed by atoms with Crippen LogP contribution < -0.4 is 5.73 Å². The Morgan fingerprint density at radius 3 is 2.69 bits per heavy atom. The highest BCUT2D eigenvalue weighted by atomic mass is 16.5. The van der Waals surface area contributed by atoms with Crippen molar-refractivity contribution in [1.82, 2.24) is 0 Å². The summed E-state index contributed by atoms with van der Waals surface area (Å²) >= 11 is 0. The van der Waals surface area contributed by atoms with E-state index in [1.807, 2.05) is 13.8 Å². The molecule has 3 N–H and O–H groups in total. The summed E-state index contributed by atoms with van der Waals surface area (Å²) in [4.78, 5) is 4.21. The van der Waals surface area contributed by atoms with E-state index in [0.717, 1.165) is 5.71 Å². The molecule has 74 valence electrons. The van der Waals surface area contributed by atoms with Crippen LogP contribution in [0.15, 0.2) is 17.0 Å². The molecular weight excluding hydrogens is 168 g/mol. The van der Waals surface area contributed by atoms with Crippen LogP contribution in [0.4, 0.5) is 0 Å². The molecule has 1 rings (SSSR count). The van der Waals surface area contributed by atoms with Gasteiger partial charge in [0.15, 0.2) is 5.88 Å². The molecule has 1 atom stereocenters. The molecule has 4 nitrogen and oxygen atoms in total. The summed E-state index contributed by atoms with van der Waals surface area (Å²) in [6, 6.07) is 0. The summed E-state index contributed by atoms with van der Waals surface area (Å²) in [6.45, 7) is 5.86. The van der Waals surface area contributed by atoms with Gasteiger partial charge in [-0.3, -0.25) is 4.99 Å². The van der Waals surface area contributed by atoms with E-state index in [0.29, 0.717) is 12.4 Å². The zero-order valence-corrected chi connectivity index (χ0v) is 8.24. The summed E-state index contributed by atoms with van der Waals surface area (Å²) in [5.41, 5.74) is 5.83. The van der Waals surface area contributed by atoms with Crippen molar-refractivity contribution < 1.29 is 9.84 Å². The van der Waals surface area contributed by atoms with Crippen LogP contribution in [0.1, 0.15) is 20.8 Å². The highest BCUT2D eigenvalue weighted by Gasteiger charge is 2.31. The van der Waals surface area contributed by atoms with Gasteiger partial charge in [-0.1, -0.05) is 0 Å². The lowest BCUT2D eigenvalue weighted by Gasteiger charge is -2.19. The summed E-state index contributed by atoms with van der Waals surface area (Å²) in [5, 5.41) is 9.05. The Morgan fingerprint density at radius 2 is 2.31 bits per heavy atom. The van der Waals surface area contributed by atoms with Crippen LogP contribution in [-0.2, 0) is 4.74 Å². The average molecular weight is 184 g/mol. The molecule has 0 bridgehead atoms. The third-order valence-corrected chi connectivity index (χ3v) is 1.79. The van der Waals surface area contributed by atoms with Crippen molar-refractivity contribution in [3.05, 3.63) is 12.0 Å². The van der Waals surface area contributed by atoms with Gasteiger partial charge in [-0.05, 0) is 20.8 Å². The van der Waals surface area contributed by atoms with E-state index in [9.17, 15) is 0 Å². The molecule has 0 aromatic rings. The predicted octanol–water partition coefficient (Wildman–Crippen LogP) is 0.417. The Kier molecular flexibility index (Phi) is 2.61. The van der Waals surface area contributed by atoms with Gasteiger partial charge >= 0.3 is 0 Å². The van der Waals surface area contributed by atoms with E-state index in [-0.39, 0.29) is 0 Å². The molecule has 1 aliphatic rings. The highest BCUT2D eigenvalue weighted by molar-refractivity contribution is 6.03. The average Bonchev–Trinajstić information content (AvgIpc) is 2.19. The molecule has 1 heterocycles. The minimum absolute atomic E-state index is 0.381. The van der Waals surface area contributed by atoms with Crippen LogP contribution in [0, 0.1) is 0 Å². The molecule has 0 aromatic carbocycles. The fourth-order valence-corrected chi connectivity index (χ4v) is 1.15. The second kappa shape index (κ2) is 3.38. The Balaban J connectivity index is 2.73. The van der Waals surface area contributed by atoms with E-state index < -0.39 is 11.7 Å². The third-order valence-electron chi connectivity index (χ3n) is 1.79. The van der Waals surface area contributed by atoms with Crippen molar-refractivity contribution >= 4 is 5.71 Å². The van der Waals surface area contributed by atoms with Gasteiger partial charge in [0.1, 0.15) is 5.60 Å². The van der Waals surface area contributed by atoms with Crippen LogP contribution in [-0.4, -0.2) is 29.1 Å². The number of rotatable bonds is 2. The first-order valence-corrected chi connectivity index (χ1v) is 4.31. The maximum atomic E-state index is 9.05. The molecule has 0 aromatic heterocycles. The molecule has 0 radical (unpaired) electrons. The fraction of sp³-hybridized carbons (Fsp3) is 0.667. The van der Waals surface area contributed by atoms with Crippen LogP contribution in [0.25, 0.3) is 0 Å². The Bertz CT molecular complexity index is 254. The van der Waals surface area contributed by atoms with Gasteiger partial charge in [-0.25, -0.2) is 0 Å². The Labute approximate surface area is 78.1 Å². The van der Waals surface area contributed by atoms with Gasteiger partial charge in [0.2, 0.25) is 0 Å².